The predicted molar refractivity (Wildman–Crippen MR) is 92.5 cm³/mol. The quantitative estimate of drug-likeness (QED) is 0.385. The molecule has 1 aliphatic heterocycles. The number of amides is 2. The van der Waals surface area contributed by atoms with E-state index >= 15 is 0 Å². The summed E-state index contributed by atoms with van der Waals surface area (Å²) < 4.78 is 4.62. The summed E-state index contributed by atoms with van der Waals surface area (Å²) in [7, 11) is 1.30. The van der Waals surface area contributed by atoms with Crippen molar-refractivity contribution in [3.05, 3.63) is 35.9 Å². The van der Waals surface area contributed by atoms with Crippen molar-refractivity contribution in [2.45, 2.75) is 37.9 Å². The van der Waals surface area contributed by atoms with Gasteiger partial charge in [0.15, 0.2) is 0 Å². The van der Waals surface area contributed by atoms with Gasteiger partial charge in [-0.3, -0.25) is 19.7 Å². The van der Waals surface area contributed by atoms with Gasteiger partial charge in [0.25, 0.3) is 0 Å². The molecule has 2 amide bonds. The lowest BCUT2D eigenvalue weighted by Crippen LogP contribution is -2.57. The molecule has 1 fully saturated rings. The summed E-state index contributed by atoms with van der Waals surface area (Å²) in [4.78, 5) is 36.5. The van der Waals surface area contributed by atoms with Gasteiger partial charge in [0.05, 0.1) is 18.8 Å². The van der Waals surface area contributed by atoms with E-state index in [0.29, 0.717) is 25.8 Å². The Kier molecular flexibility index (Phi) is 6.52. The lowest BCUT2D eigenvalue weighted by atomic mass is 9.99. The maximum atomic E-state index is 12.6. The lowest BCUT2D eigenvalue weighted by Gasteiger charge is -2.30. The van der Waals surface area contributed by atoms with Crippen LogP contribution in [0.3, 0.4) is 0 Å². The van der Waals surface area contributed by atoms with Crippen LogP contribution in [0.2, 0.25) is 0 Å². The van der Waals surface area contributed by atoms with E-state index in [1.807, 2.05) is 30.3 Å². The summed E-state index contributed by atoms with van der Waals surface area (Å²) in [6.45, 7) is 2.22. The van der Waals surface area contributed by atoms with Crippen LogP contribution in [-0.2, 0) is 25.5 Å². The number of hydrogen-bond acceptors (Lipinski definition) is 5. The van der Waals surface area contributed by atoms with Crippen LogP contribution in [-0.4, -0.2) is 55.1 Å². The molecule has 0 saturated carbocycles. The van der Waals surface area contributed by atoms with Crippen molar-refractivity contribution in [2.75, 3.05) is 20.2 Å². The van der Waals surface area contributed by atoms with E-state index in [-0.39, 0.29) is 18.6 Å². The van der Waals surface area contributed by atoms with E-state index in [0.717, 1.165) is 12.0 Å². The van der Waals surface area contributed by atoms with Crippen LogP contribution in [0.25, 0.3) is 0 Å². The Balaban J connectivity index is 1.96. The van der Waals surface area contributed by atoms with E-state index in [1.54, 1.807) is 6.92 Å². The summed E-state index contributed by atoms with van der Waals surface area (Å²) in [5.41, 5.74) is 0.350. The normalized spacial score (nSPS) is 21.0. The van der Waals surface area contributed by atoms with Crippen LogP contribution in [0.4, 0.5) is 0 Å². The lowest BCUT2D eigenvalue weighted by molar-refractivity contribution is -0.146. The van der Waals surface area contributed by atoms with Crippen LogP contribution in [0.1, 0.15) is 25.3 Å². The average Bonchev–Trinajstić information content (AvgIpc) is 2.89. The van der Waals surface area contributed by atoms with Gasteiger partial charge in [-0.05, 0) is 31.7 Å². The number of methoxy groups -OCH3 is 1. The first-order valence-electron chi connectivity index (χ1n) is 8.36. The van der Waals surface area contributed by atoms with Crippen molar-refractivity contribution >= 4 is 18.3 Å². The van der Waals surface area contributed by atoms with Gasteiger partial charge in [-0.1, -0.05) is 30.3 Å². The Morgan fingerprint density at radius 2 is 2.12 bits per heavy atom. The highest BCUT2D eigenvalue weighted by Gasteiger charge is 2.44. The Morgan fingerprint density at radius 3 is 2.76 bits per heavy atom. The first-order valence-corrected chi connectivity index (χ1v) is 8.36. The molecule has 0 aromatic heterocycles. The third kappa shape index (κ3) is 5.03. The molecule has 1 aromatic rings. The highest BCUT2D eigenvalue weighted by Crippen LogP contribution is 2.23. The molecule has 25 heavy (non-hydrogen) atoms. The summed E-state index contributed by atoms with van der Waals surface area (Å²) in [5.74, 6) is -0.598. The highest BCUT2D eigenvalue weighted by atomic mass is 16.5. The van der Waals surface area contributed by atoms with Crippen LogP contribution < -0.4 is 10.6 Å². The Bertz CT molecular complexity index is 608. The van der Waals surface area contributed by atoms with Gasteiger partial charge in [-0.15, -0.1) is 0 Å². The van der Waals surface area contributed by atoms with Crippen LogP contribution in [0.15, 0.2) is 30.3 Å². The molecular weight excluding hydrogens is 322 g/mol. The third-order valence-electron chi connectivity index (χ3n) is 4.52. The van der Waals surface area contributed by atoms with Gasteiger partial charge in [0, 0.05) is 6.54 Å². The van der Waals surface area contributed by atoms with Gasteiger partial charge in [-0.25, -0.2) is 0 Å². The second-order valence-electron chi connectivity index (χ2n) is 6.39. The van der Waals surface area contributed by atoms with Gasteiger partial charge in [0.1, 0.15) is 6.54 Å². The minimum absolute atomic E-state index is 0.0532. The maximum Gasteiger partial charge on any atom is 0.325 e. The zero-order valence-corrected chi connectivity index (χ0v) is 14.7. The summed E-state index contributed by atoms with van der Waals surface area (Å²) in [5, 5.41) is 5.99. The topological polar surface area (TPSA) is 87.7 Å². The fraction of sp³-hybridized carbons (Fsp3) is 0.500. The zero-order valence-electron chi connectivity index (χ0n) is 14.7. The van der Waals surface area contributed by atoms with Crippen LogP contribution in [0, 0.1) is 0 Å². The molecule has 1 saturated heterocycles. The molecule has 2 rings (SSSR count). The molecule has 0 spiro atoms. The van der Waals surface area contributed by atoms with Crippen molar-refractivity contribution in [3.63, 3.8) is 0 Å². The number of ether oxygens (including phenoxy) is 1. The van der Waals surface area contributed by atoms with Crippen LogP contribution >= 0.6 is 0 Å². The van der Waals surface area contributed by atoms with Crippen molar-refractivity contribution in [3.8, 4) is 0 Å². The van der Waals surface area contributed by atoms with Gasteiger partial charge < -0.3 is 15.0 Å². The molecule has 0 bridgehead atoms. The summed E-state index contributed by atoms with van der Waals surface area (Å²) >= 11 is 0. The molecular formula is C18H25N3O4. The fourth-order valence-electron chi connectivity index (χ4n) is 3.04. The van der Waals surface area contributed by atoms with Gasteiger partial charge in [-0.2, -0.15) is 0 Å². The molecule has 0 aliphatic carbocycles. The van der Waals surface area contributed by atoms with E-state index in [1.165, 1.54) is 12.0 Å². The number of carbonyl (C=O) groups is 3. The number of carbonyl (C=O) groups excluding carboxylic acids is 3. The van der Waals surface area contributed by atoms with Gasteiger partial charge in [0.2, 0.25) is 12.3 Å². The van der Waals surface area contributed by atoms with E-state index in [9.17, 15) is 14.4 Å². The molecule has 2 unspecified atom stereocenters. The van der Waals surface area contributed by atoms with Crippen LogP contribution in [0.5, 0.6) is 0 Å². The molecule has 136 valence electrons. The van der Waals surface area contributed by atoms with E-state index < -0.39 is 11.5 Å². The Hall–Kier alpha value is -2.41. The van der Waals surface area contributed by atoms with E-state index in [2.05, 4.69) is 15.4 Å². The molecule has 1 aliphatic rings. The molecule has 2 atom stereocenters. The number of nitrogens with one attached hydrogen (secondary N) is 2. The van der Waals surface area contributed by atoms with E-state index in [4.69, 9.17) is 0 Å². The monoisotopic (exact) mass is 347 g/mol. The molecule has 0 radical (unpaired) electrons. The molecule has 7 heteroatoms. The Labute approximate surface area is 147 Å². The summed E-state index contributed by atoms with van der Waals surface area (Å²) in [6, 6.07) is 9.95. The predicted octanol–water partition coefficient (Wildman–Crippen LogP) is 0.445. The molecule has 2 N–H and O–H groups in total. The number of aryl methyl sites for hydroxylation is 1. The number of hydrogen-bond donors (Lipinski definition) is 2. The van der Waals surface area contributed by atoms with Gasteiger partial charge >= 0.3 is 5.97 Å². The minimum atomic E-state index is -0.814. The highest BCUT2D eigenvalue weighted by molar-refractivity contribution is 5.90. The number of likely N-dealkylation sites (tertiary alicyclic amines) is 1. The second kappa shape index (κ2) is 8.62. The maximum absolute atomic E-state index is 12.6. The number of nitrogens with zero attached hydrogens (tertiary/aromatic N) is 1. The first-order chi connectivity index (χ1) is 12.0. The second-order valence-corrected chi connectivity index (χ2v) is 6.39. The molecule has 1 aromatic carbocycles. The smallest absolute Gasteiger partial charge is 0.325 e. The standard InChI is InChI=1S/C18H25N3O4/c1-18(10-11-21(17(18)24)12-16(23)25-2)20-15(19-13-22)9-8-14-6-4-3-5-7-14/h3-7,13,15,20H,8-12H2,1-2H3,(H,19,22). The third-order valence-corrected chi connectivity index (χ3v) is 4.52. The van der Waals surface area contributed by atoms with Crippen molar-refractivity contribution in [1.82, 2.24) is 15.5 Å². The van der Waals surface area contributed by atoms with Crippen molar-refractivity contribution in [1.29, 1.82) is 0 Å². The number of esters is 1. The van der Waals surface area contributed by atoms with Crippen molar-refractivity contribution in [2.24, 2.45) is 0 Å². The number of benzene rings is 1. The fourth-order valence-corrected chi connectivity index (χ4v) is 3.04. The zero-order chi connectivity index (χ0) is 18.3. The Morgan fingerprint density at radius 1 is 1.40 bits per heavy atom. The van der Waals surface area contributed by atoms with Crippen molar-refractivity contribution < 1.29 is 19.1 Å². The summed E-state index contributed by atoms with van der Waals surface area (Å²) in [6.07, 6.45) is 2.30. The average molecular weight is 347 g/mol. The molecule has 7 nitrogen and oxygen atoms in total. The minimum Gasteiger partial charge on any atom is -0.468 e. The largest absolute Gasteiger partial charge is 0.468 e. The first kappa shape index (κ1) is 18.9. The number of rotatable bonds is 9. The molecule has 1 heterocycles. The SMILES string of the molecule is COC(=O)CN1CCC(C)(NC(CCc2ccccc2)NC=O)C1=O.